The van der Waals surface area contributed by atoms with Gasteiger partial charge in [-0.25, -0.2) is 0 Å². The van der Waals surface area contributed by atoms with Gasteiger partial charge in [-0.1, -0.05) is 48.5 Å². The number of rotatable bonds is 4. The van der Waals surface area contributed by atoms with Crippen molar-refractivity contribution in [3.05, 3.63) is 54.2 Å². The van der Waals surface area contributed by atoms with Crippen LogP contribution < -0.4 is 4.74 Å². The van der Waals surface area contributed by atoms with Gasteiger partial charge in [-0.2, -0.15) is 0 Å². The molecule has 2 aliphatic heterocycles. The van der Waals surface area contributed by atoms with E-state index in [1.54, 1.807) is 0 Å². The Hall–Kier alpha value is -1.91. The molecule has 5 rings (SSSR count). The van der Waals surface area contributed by atoms with E-state index < -0.39 is 0 Å². The highest BCUT2D eigenvalue weighted by atomic mass is 32.2. The summed E-state index contributed by atoms with van der Waals surface area (Å²) in [6.07, 6.45) is 4.05. The van der Waals surface area contributed by atoms with Crippen LogP contribution in [0, 0.1) is 6.92 Å². The maximum Gasteiger partial charge on any atom is 0.143 e. The standard InChI is InChI=1S/C23H26N2OS/c1-17-23(27-19-9-4-2-5-10-19)20-11-8-12-21-22(20)25(17)18(16-26-21)15-24-13-6-3-7-14-24/h2,4-5,8-12,18H,3,6-7,13-16H2,1H3. The second kappa shape index (κ2) is 7.25. The molecule has 1 unspecified atom stereocenters. The van der Waals surface area contributed by atoms with Crippen molar-refractivity contribution < 1.29 is 4.74 Å². The second-order valence-corrected chi connectivity index (χ2v) is 8.76. The van der Waals surface area contributed by atoms with E-state index in [0.717, 1.165) is 18.9 Å². The van der Waals surface area contributed by atoms with Crippen molar-refractivity contribution in [1.82, 2.24) is 9.47 Å². The monoisotopic (exact) mass is 378 g/mol. The number of nitrogens with zero attached hydrogens (tertiary/aromatic N) is 2. The summed E-state index contributed by atoms with van der Waals surface area (Å²) < 4.78 is 8.78. The van der Waals surface area contributed by atoms with E-state index in [1.807, 2.05) is 11.8 Å². The van der Waals surface area contributed by atoms with E-state index in [9.17, 15) is 0 Å². The highest BCUT2D eigenvalue weighted by Gasteiger charge is 2.29. The van der Waals surface area contributed by atoms with Gasteiger partial charge in [0.25, 0.3) is 0 Å². The molecule has 2 aromatic carbocycles. The Morgan fingerprint density at radius 3 is 2.63 bits per heavy atom. The lowest BCUT2D eigenvalue weighted by molar-refractivity contribution is 0.152. The number of likely N-dealkylation sites (tertiary alicyclic amines) is 1. The van der Waals surface area contributed by atoms with Gasteiger partial charge in [0.05, 0.1) is 11.6 Å². The SMILES string of the molecule is Cc1c(Sc2ccccc2)c2cccc3c2n1C(CN1CCCCC1)CO3. The van der Waals surface area contributed by atoms with Gasteiger partial charge in [-0.15, -0.1) is 0 Å². The number of aromatic nitrogens is 1. The third kappa shape index (κ3) is 3.15. The van der Waals surface area contributed by atoms with Crippen LogP contribution in [0.2, 0.25) is 0 Å². The third-order valence-corrected chi connectivity index (χ3v) is 7.08. The van der Waals surface area contributed by atoms with Gasteiger partial charge >= 0.3 is 0 Å². The minimum Gasteiger partial charge on any atom is -0.489 e. The van der Waals surface area contributed by atoms with E-state index in [-0.39, 0.29) is 0 Å². The van der Waals surface area contributed by atoms with E-state index in [1.165, 1.54) is 58.7 Å². The Labute approximate surface area is 165 Å². The first-order valence-electron chi connectivity index (χ1n) is 10.0. The van der Waals surface area contributed by atoms with Crippen molar-refractivity contribution >= 4 is 22.7 Å². The molecule has 3 heterocycles. The molecule has 4 heteroatoms. The summed E-state index contributed by atoms with van der Waals surface area (Å²) in [7, 11) is 0. The van der Waals surface area contributed by atoms with E-state index in [2.05, 4.69) is 64.9 Å². The van der Waals surface area contributed by atoms with Gasteiger partial charge in [-0.05, 0) is 51.1 Å². The number of ether oxygens (including phenoxy) is 1. The summed E-state index contributed by atoms with van der Waals surface area (Å²) in [6, 6.07) is 17.6. The van der Waals surface area contributed by atoms with Gasteiger partial charge in [-0.3, -0.25) is 0 Å². The lowest BCUT2D eigenvalue weighted by Gasteiger charge is -2.34. The molecule has 0 spiro atoms. The fourth-order valence-corrected chi connectivity index (χ4v) is 5.62. The number of hydrogen-bond donors (Lipinski definition) is 0. The van der Waals surface area contributed by atoms with Crippen molar-refractivity contribution in [2.24, 2.45) is 0 Å². The Morgan fingerprint density at radius 2 is 1.81 bits per heavy atom. The van der Waals surface area contributed by atoms with Crippen molar-refractivity contribution in [2.75, 3.05) is 26.2 Å². The molecule has 0 radical (unpaired) electrons. The van der Waals surface area contributed by atoms with Crippen molar-refractivity contribution in [1.29, 1.82) is 0 Å². The summed E-state index contributed by atoms with van der Waals surface area (Å²) in [5.74, 6) is 1.03. The predicted molar refractivity (Wildman–Crippen MR) is 112 cm³/mol. The smallest absolute Gasteiger partial charge is 0.143 e. The molecule has 1 saturated heterocycles. The van der Waals surface area contributed by atoms with Crippen LogP contribution in [0.15, 0.2) is 58.3 Å². The number of piperidine rings is 1. The highest BCUT2D eigenvalue weighted by molar-refractivity contribution is 7.99. The normalized spacial score (nSPS) is 20.0. The van der Waals surface area contributed by atoms with Crippen molar-refractivity contribution in [3.63, 3.8) is 0 Å². The summed E-state index contributed by atoms with van der Waals surface area (Å²) in [4.78, 5) is 5.28. The second-order valence-electron chi connectivity index (χ2n) is 7.68. The van der Waals surface area contributed by atoms with Crippen molar-refractivity contribution in [3.8, 4) is 5.75 Å². The number of hydrogen-bond acceptors (Lipinski definition) is 3. The Morgan fingerprint density at radius 1 is 1.00 bits per heavy atom. The largest absolute Gasteiger partial charge is 0.489 e. The van der Waals surface area contributed by atoms with Gasteiger partial charge in [0.1, 0.15) is 12.4 Å². The minimum absolute atomic E-state index is 0.394. The molecule has 1 aromatic heterocycles. The topological polar surface area (TPSA) is 17.4 Å². The molecule has 140 valence electrons. The lowest BCUT2D eigenvalue weighted by atomic mass is 10.1. The van der Waals surface area contributed by atoms with Gasteiger partial charge in [0.2, 0.25) is 0 Å². The Balaban J connectivity index is 1.56. The number of para-hydroxylation sites is 1. The predicted octanol–water partition coefficient (Wildman–Crippen LogP) is 5.52. The zero-order chi connectivity index (χ0) is 18.2. The highest BCUT2D eigenvalue weighted by Crippen LogP contribution is 2.44. The lowest BCUT2D eigenvalue weighted by Crippen LogP contribution is -2.38. The number of benzene rings is 2. The molecule has 27 heavy (non-hydrogen) atoms. The average molecular weight is 379 g/mol. The van der Waals surface area contributed by atoms with Gasteiger partial charge < -0.3 is 14.2 Å². The molecule has 1 atom stereocenters. The van der Waals surface area contributed by atoms with Crippen LogP contribution >= 0.6 is 11.8 Å². The summed E-state index contributed by atoms with van der Waals surface area (Å²) in [5, 5.41) is 1.32. The molecule has 1 fully saturated rings. The molecular formula is C23H26N2OS. The summed E-state index contributed by atoms with van der Waals surface area (Å²) in [6.45, 7) is 6.60. The maximum atomic E-state index is 6.21. The molecule has 2 aliphatic rings. The van der Waals surface area contributed by atoms with Crippen LogP contribution in [0.3, 0.4) is 0 Å². The molecule has 3 nitrogen and oxygen atoms in total. The fourth-order valence-electron chi connectivity index (χ4n) is 4.57. The van der Waals surface area contributed by atoms with E-state index in [4.69, 9.17) is 4.74 Å². The molecule has 0 saturated carbocycles. The molecule has 0 amide bonds. The quantitative estimate of drug-likeness (QED) is 0.595. The summed E-state index contributed by atoms with van der Waals surface area (Å²) >= 11 is 1.87. The zero-order valence-corrected chi connectivity index (χ0v) is 16.7. The van der Waals surface area contributed by atoms with Crippen LogP contribution in [0.1, 0.15) is 31.0 Å². The molecule has 3 aromatic rings. The Bertz CT molecular complexity index is 944. The van der Waals surface area contributed by atoms with Gasteiger partial charge in [0, 0.05) is 27.4 Å². The first-order chi connectivity index (χ1) is 13.3. The average Bonchev–Trinajstić information content (AvgIpc) is 3.00. The molecule has 0 N–H and O–H groups in total. The zero-order valence-electron chi connectivity index (χ0n) is 15.9. The fraction of sp³-hybridized carbons (Fsp3) is 0.391. The van der Waals surface area contributed by atoms with E-state index in [0.29, 0.717) is 6.04 Å². The molecule has 0 aliphatic carbocycles. The van der Waals surface area contributed by atoms with Crippen LogP contribution in [0.25, 0.3) is 10.9 Å². The minimum atomic E-state index is 0.394. The first kappa shape index (κ1) is 17.2. The maximum absolute atomic E-state index is 6.21. The van der Waals surface area contributed by atoms with Gasteiger partial charge in [0.15, 0.2) is 0 Å². The van der Waals surface area contributed by atoms with E-state index >= 15 is 0 Å². The summed E-state index contributed by atoms with van der Waals surface area (Å²) in [5.41, 5.74) is 2.65. The third-order valence-electron chi connectivity index (χ3n) is 5.85. The van der Waals surface area contributed by atoms with Crippen LogP contribution in [0.5, 0.6) is 5.75 Å². The molecular weight excluding hydrogens is 352 g/mol. The van der Waals surface area contributed by atoms with Crippen molar-refractivity contribution in [2.45, 2.75) is 42.0 Å². The Kier molecular flexibility index (Phi) is 4.62. The first-order valence-corrected chi connectivity index (χ1v) is 10.8. The van der Waals surface area contributed by atoms with Crippen LogP contribution in [-0.2, 0) is 0 Å². The molecule has 0 bridgehead atoms. The van der Waals surface area contributed by atoms with Crippen LogP contribution in [-0.4, -0.2) is 35.7 Å². The van der Waals surface area contributed by atoms with Crippen LogP contribution in [0.4, 0.5) is 0 Å².